The van der Waals surface area contributed by atoms with E-state index in [9.17, 15) is 0 Å². The molecule has 0 aromatic carbocycles. The van der Waals surface area contributed by atoms with E-state index in [1.807, 2.05) is 0 Å². The predicted molar refractivity (Wildman–Crippen MR) is 73.0 cm³/mol. The molecular weight excluding hydrogens is 206 g/mol. The molecule has 3 aliphatic rings. The average Bonchev–Trinajstić information content (AvgIpc) is 2.80. The van der Waals surface area contributed by atoms with E-state index >= 15 is 0 Å². The van der Waals surface area contributed by atoms with Crippen LogP contribution >= 0.6 is 0 Å². The van der Waals surface area contributed by atoms with Gasteiger partial charge in [-0.15, -0.1) is 0 Å². The molecule has 1 heteroatoms. The summed E-state index contributed by atoms with van der Waals surface area (Å²) in [7, 11) is 0. The minimum Gasteiger partial charge on any atom is -0.311 e. The lowest BCUT2D eigenvalue weighted by Crippen LogP contribution is -2.47. The first-order chi connectivity index (χ1) is 7.93. The van der Waals surface area contributed by atoms with Crippen molar-refractivity contribution in [3.05, 3.63) is 0 Å². The van der Waals surface area contributed by atoms with E-state index in [-0.39, 0.29) is 0 Å². The monoisotopic (exact) mass is 235 g/mol. The normalized spacial score (nSPS) is 52.2. The van der Waals surface area contributed by atoms with E-state index in [0.29, 0.717) is 10.8 Å². The maximum absolute atomic E-state index is 4.04. The van der Waals surface area contributed by atoms with E-state index in [4.69, 9.17) is 0 Å². The van der Waals surface area contributed by atoms with Crippen LogP contribution in [0.3, 0.4) is 0 Å². The zero-order chi connectivity index (χ0) is 12.3. The molecule has 0 aromatic rings. The molecule has 0 spiro atoms. The second-order valence-electron chi connectivity index (χ2n) is 7.94. The highest BCUT2D eigenvalue weighted by Crippen LogP contribution is 2.65. The summed E-state index contributed by atoms with van der Waals surface area (Å²) in [5.41, 5.74) is 1.12. The van der Waals surface area contributed by atoms with Crippen molar-refractivity contribution in [1.82, 2.24) is 5.32 Å². The van der Waals surface area contributed by atoms with Crippen molar-refractivity contribution in [3.8, 4) is 0 Å². The van der Waals surface area contributed by atoms with Crippen molar-refractivity contribution in [2.45, 2.75) is 78.3 Å². The molecule has 0 radical (unpaired) electrons. The highest BCUT2D eigenvalue weighted by molar-refractivity contribution is 5.13. The van der Waals surface area contributed by atoms with Crippen LogP contribution in [0.25, 0.3) is 0 Å². The first-order valence-corrected chi connectivity index (χ1v) is 7.69. The van der Waals surface area contributed by atoms with Gasteiger partial charge in [0.05, 0.1) is 0 Å². The minimum absolute atomic E-state index is 0.559. The Labute approximate surface area is 107 Å². The highest BCUT2D eigenvalue weighted by Gasteiger charge is 2.61. The summed E-state index contributed by atoms with van der Waals surface area (Å²) in [6.07, 6.45) is 8.63. The molecule has 3 rings (SSSR count). The first kappa shape index (κ1) is 12.0. The summed E-state index contributed by atoms with van der Waals surface area (Å²) in [6.45, 7) is 10.00. The lowest BCUT2D eigenvalue weighted by molar-refractivity contribution is 0.115. The Bertz CT molecular complexity index is 309. The fraction of sp³-hybridized carbons (Fsp3) is 1.00. The Morgan fingerprint density at radius 1 is 1.00 bits per heavy atom. The van der Waals surface area contributed by atoms with Crippen molar-refractivity contribution in [1.29, 1.82) is 0 Å². The van der Waals surface area contributed by atoms with Gasteiger partial charge in [0, 0.05) is 12.1 Å². The summed E-state index contributed by atoms with van der Waals surface area (Å²) >= 11 is 0. The third-order valence-corrected chi connectivity index (χ3v) is 6.93. The molecule has 0 aliphatic heterocycles. The second-order valence-corrected chi connectivity index (χ2v) is 7.94. The van der Waals surface area contributed by atoms with Crippen molar-refractivity contribution >= 4 is 0 Å². The SMILES string of the molecule is CC1CCC(NC2CC3CCC2(C)C3(C)C)C1. The Morgan fingerprint density at radius 2 is 1.76 bits per heavy atom. The van der Waals surface area contributed by atoms with Crippen molar-refractivity contribution in [2.24, 2.45) is 22.7 Å². The van der Waals surface area contributed by atoms with Crippen LogP contribution in [0.2, 0.25) is 0 Å². The van der Waals surface area contributed by atoms with Crippen LogP contribution < -0.4 is 5.32 Å². The van der Waals surface area contributed by atoms with Gasteiger partial charge in [-0.05, 0) is 61.2 Å². The van der Waals surface area contributed by atoms with Gasteiger partial charge in [0.15, 0.2) is 0 Å². The Hall–Kier alpha value is -0.0400. The lowest BCUT2D eigenvalue weighted by Gasteiger charge is -2.40. The van der Waals surface area contributed by atoms with Crippen LogP contribution in [0, 0.1) is 22.7 Å². The Morgan fingerprint density at radius 3 is 2.24 bits per heavy atom. The summed E-state index contributed by atoms with van der Waals surface area (Å²) in [5.74, 6) is 1.93. The lowest BCUT2D eigenvalue weighted by atomic mass is 9.69. The van der Waals surface area contributed by atoms with Gasteiger partial charge < -0.3 is 5.32 Å². The van der Waals surface area contributed by atoms with Crippen LogP contribution in [0.15, 0.2) is 0 Å². The Kier molecular flexibility index (Phi) is 2.63. The molecule has 5 atom stereocenters. The summed E-state index contributed by atoms with van der Waals surface area (Å²) in [4.78, 5) is 0. The van der Waals surface area contributed by atoms with Crippen molar-refractivity contribution in [2.75, 3.05) is 0 Å². The third-order valence-electron chi connectivity index (χ3n) is 6.93. The topological polar surface area (TPSA) is 12.0 Å². The number of hydrogen-bond acceptors (Lipinski definition) is 1. The number of rotatable bonds is 2. The van der Waals surface area contributed by atoms with E-state index in [1.165, 1.54) is 38.5 Å². The zero-order valence-corrected chi connectivity index (χ0v) is 12.1. The fourth-order valence-electron chi connectivity index (χ4n) is 5.10. The van der Waals surface area contributed by atoms with E-state index in [0.717, 1.165) is 23.9 Å². The molecule has 0 amide bonds. The maximum atomic E-state index is 4.04. The van der Waals surface area contributed by atoms with E-state index < -0.39 is 0 Å². The molecule has 0 heterocycles. The molecule has 3 fully saturated rings. The van der Waals surface area contributed by atoms with Gasteiger partial charge in [0.1, 0.15) is 0 Å². The van der Waals surface area contributed by atoms with Gasteiger partial charge in [0.2, 0.25) is 0 Å². The van der Waals surface area contributed by atoms with Gasteiger partial charge >= 0.3 is 0 Å². The van der Waals surface area contributed by atoms with Gasteiger partial charge in [-0.1, -0.05) is 27.7 Å². The van der Waals surface area contributed by atoms with Crippen LogP contribution in [-0.2, 0) is 0 Å². The smallest absolute Gasteiger partial charge is 0.0131 e. The van der Waals surface area contributed by atoms with Gasteiger partial charge in [-0.25, -0.2) is 0 Å². The van der Waals surface area contributed by atoms with Crippen LogP contribution in [-0.4, -0.2) is 12.1 Å². The minimum atomic E-state index is 0.559. The fourth-order valence-corrected chi connectivity index (χ4v) is 5.10. The molecular formula is C16H29N. The van der Waals surface area contributed by atoms with Crippen LogP contribution in [0.5, 0.6) is 0 Å². The molecule has 1 N–H and O–H groups in total. The molecule has 0 saturated heterocycles. The molecule has 0 aromatic heterocycles. The van der Waals surface area contributed by atoms with Crippen LogP contribution in [0.1, 0.15) is 66.2 Å². The standard InChI is InChI=1S/C16H29N/c1-11-5-6-13(9-11)17-14-10-12-7-8-16(14,4)15(12,2)3/h11-14,17H,5-10H2,1-4H3. The third kappa shape index (κ3) is 1.61. The molecule has 2 bridgehead atoms. The Balaban J connectivity index is 1.70. The average molecular weight is 235 g/mol. The van der Waals surface area contributed by atoms with Crippen LogP contribution in [0.4, 0.5) is 0 Å². The molecule has 3 aliphatic carbocycles. The van der Waals surface area contributed by atoms with Gasteiger partial charge in [-0.3, -0.25) is 0 Å². The molecule has 3 saturated carbocycles. The van der Waals surface area contributed by atoms with Gasteiger partial charge in [-0.2, -0.15) is 0 Å². The molecule has 1 nitrogen and oxygen atoms in total. The molecule has 17 heavy (non-hydrogen) atoms. The van der Waals surface area contributed by atoms with E-state index in [2.05, 4.69) is 33.0 Å². The summed E-state index contributed by atoms with van der Waals surface area (Å²) in [5, 5.41) is 4.04. The first-order valence-electron chi connectivity index (χ1n) is 7.69. The molecule has 98 valence electrons. The maximum Gasteiger partial charge on any atom is 0.0131 e. The molecule has 5 unspecified atom stereocenters. The number of nitrogens with one attached hydrogen (secondary N) is 1. The number of hydrogen-bond donors (Lipinski definition) is 1. The quantitative estimate of drug-likeness (QED) is 0.763. The summed E-state index contributed by atoms with van der Waals surface area (Å²) < 4.78 is 0. The predicted octanol–water partition coefficient (Wildman–Crippen LogP) is 3.98. The largest absolute Gasteiger partial charge is 0.311 e. The summed E-state index contributed by atoms with van der Waals surface area (Å²) in [6, 6.07) is 1.62. The highest BCUT2D eigenvalue weighted by atomic mass is 15.0. The number of fused-ring (bicyclic) bond motifs is 2. The van der Waals surface area contributed by atoms with Crippen molar-refractivity contribution in [3.63, 3.8) is 0 Å². The van der Waals surface area contributed by atoms with E-state index in [1.54, 1.807) is 0 Å². The van der Waals surface area contributed by atoms with Gasteiger partial charge in [0.25, 0.3) is 0 Å². The van der Waals surface area contributed by atoms with Crippen molar-refractivity contribution < 1.29 is 0 Å². The second kappa shape index (κ2) is 3.73. The zero-order valence-electron chi connectivity index (χ0n) is 12.1.